The van der Waals surface area contributed by atoms with Crippen LogP contribution in [-0.2, 0) is 4.79 Å². The van der Waals surface area contributed by atoms with Crippen LogP contribution in [0, 0.1) is 0 Å². The third-order valence-electron chi connectivity index (χ3n) is 2.65. The van der Waals surface area contributed by atoms with Crippen molar-refractivity contribution in [3.8, 4) is 0 Å². The second kappa shape index (κ2) is 5.67. The van der Waals surface area contributed by atoms with Gasteiger partial charge in [0.1, 0.15) is 5.15 Å². The largest absolute Gasteiger partial charge is 0.370 e. The van der Waals surface area contributed by atoms with Crippen LogP contribution in [0.15, 0.2) is 30.5 Å². The van der Waals surface area contributed by atoms with Crippen LogP contribution in [0.25, 0.3) is 10.8 Å². The van der Waals surface area contributed by atoms with Crippen molar-refractivity contribution in [3.05, 3.63) is 41.2 Å². The number of rotatable bonds is 4. The lowest BCUT2D eigenvalue weighted by molar-refractivity contribution is -0.117. The Hall–Kier alpha value is -2.14. The monoisotopic (exact) mass is 277 g/mol. The molecule has 1 aromatic heterocycles. The van der Waals surface area contributed by atoms with Crippen LogP contribution in [0.1, 0.15) is 16.8 Å². The highest BCUT2D eigenvalue weighted by atomic mass is 35.5. The van der Waals surface area contributed by atoms with E-state index in [1.807, 2.05) is 12.1 Å². The van der Waals surface area contributed by atoms with E-state index in [1.54, 1.807) is 12.1 Å². The van der Waals surface area contributed by atoms with E-state index in [0.29, 0.717) is 16.1 Å². The van der Waals surface area contributed by atoms with Gasteiger partial charge in [0.2, 0.25) is 5.91 Å². The molecule has 2 rings (SSSR count). The SMILES string of the molecule is NC(=O)CCNC(=O)c1cnc(Cl)c2ccccc12. The van der Waals surface area contributed by atoms with E-state index in [2.05, 4.69) is 10.3 Å². The second-order valence-corrected chi connectivity index (χ2v) is 4.34. The molecule has 0 fully saturated rings. The molecule has 2 aromatic rings. The summed E-state index contributed by atoms with van der Waals surface area (Å²) < 4.78 is 0. The molecule has 0 unspecified atom stereocenters. The molecule has 6 heteroatoms. The predicted molar refractivity (Wildman–Crippen MR) is 72.9 cm³/mol. The molecule has 19 heavy (non-hydrogen) atoms. The summed E-state index contributed by atoms with van der Waals surface area (Å²) in [5, 5.41) is 4.41. The molecule has 1 aromatic carbocycles. The quantitative estimate of drug-likeness (QED) is 0.831. The predicted octanol–water partition coefficient (Wildman–Crippen LogP) is 1.49. The maximum absolute atomic E-state index is 12.0. The molecule has 0 saturated carbocycles. The first kappa shape index (κ1) is 13.3. The number of amides is 2. The lowest BCUT2D eigenvalue weighted by Gasteiger charge is -2.07. The normalized spacial score (nSPS) is 10.4. The number of benzene rings is 1. The third kappa shape index (κ3) is 3.00. The lowest BCUT2D eigenvalue weighted by atomic mass is 10.1. The number of hydrogen-bond acceptors (Lipinski definition) is 3. The molecular weight excluding hydrogens is 266 g/mol. The minimum atomic E-state index is -0.459. The number of primary amides is 1. The number of aromatic nitrogens is 1. The number of nitrogens with two attached hydrogens (primary N) is 1. The van der Waals surface area contributed by atoms with Gasteiger partial charge < -0.3 is 11.1 Å². The molecule has 1 heterocycles. The number of pyridine rings is 1. The van der Waals surface area contributed by atoms with E-state index in [1.165, 1.54) is 6.20 Å². The van der Waals surface area contributed by atoms with Crippen LogP contribution in [-0.4, -0.2) is 23.3 Å². The van der Waals surface area contributed by atoms with E-state index >= 15 is 0 Å². The molecule has 0 bridgehead atoms. The molecule has 0 atom stereocenters. The smallest absolute Gasteiger partial charge is 0.253 e. The Morgan fingerprint density at radius 2 is 1.95 bits per heavy atom. The van der Waals surface area contributed by atoms with E-state index in [0.717, 1.165) is 5.39 Å². The van der Waals surface area contributed by atoms with Crippen LogP contribution in [0.5, 0.6) is 0 Å². The van der Waals surface area contributed by atoms with Crippen molar-refractivity contribution in [1.82, 2.24) is 10.3 Å². The summed E-state index contributed by atoms with van der Waals surface area (Å²) in [5.41, 5.74) is 5.43. The molecular formula is C13H12ClN3O2. The minimum Gasteiger partial charge on any atom is -0.370 e. The summed E-state index contributed by atoms with van der Waals surface area (Å²) >= 11 is 5.98. The minimum absolute atomic E-state index is 0.102. The van der Waals surface area contributed by atoms with Crippen LogP contribution in [0.4, 0.5) is 0 Å². The molecule has 0 aliphatic heterocycles. The fraction of sp³-hybridized carbons (Fsp3) is 0.154. The van der Waals surface area contributed by atoms with Crippen molar-refractivity contribution >= 4 is 34.2 Å². The highest BCUT2D eigenvalue weighted by Crippen LogP contribution is 2.23. The number of carbonyl (C=O) groups excluding carboxylic acids is 2. The average Bonchev–Trinajstić information content (AvgIpc) is 2.39. The van der Waals surface area contributed by atoms with Gasteiger partial charge in [-0.25, -0.2) is 4.98 Å². The van der Waals surface area contributed by atoms with Gasteiger partial charge in [0.25, 0.3) is 5.91 Å². The number of halogens is 1. The van der Waals surface area contributed by atoms with Crippen molar-refractivity contribution in [3.63, 3.8) is 0 Å². The van der Waals surface area contributed by atoms with Gasteiger partial charge in [-0.15, -0.1) is 0 Å². The summed E-state index contributed by atoms with van der Waals surface area (Å²) in [6.07, 6.45) is 1.52. The van der Waals surface area contributed by atoms with Gasteiger partial charge in [-0.2, -0.15) is 0 Å². The summed E-state index contributed by atoms with van der Waals surface area (Å²) in [5.74, 6) is -0.763. The Labute approximate surface area is 114 Å². The second-order valence-electron chi connectivity index (χ2n) is 3.98. The van der Waals surface area contributed by atoms with Gasteiger partial charge in [0.05, 0.1) is 5.56 Å². The summed E-state index contributed by atoms with van der Waals surface area (Å²) in [6, 6.07) is 7.24. The molecule has 2 amide bonds. The van der Waals surface area contributed by atoms with Gasteiger partial charge in [-0.3, -0.25) is 9.59 Å². The van der Waals surface area contributed by atoms with E-state index < -0.39 is 5.91 Å². The summed E-state index contributed by atoms with van der Waals surface area (Å²) in [7, 11) is 0. The number of hydrogen-bond donors (Lipinski definition) is 2. The van der Waals surface area contributed by atoms with Gasteiger partial charge in [0.15, 0.2) is 0 Å². The van der Waals surface area contributed by atoms with Gasteiger partial charge >= 0.3 is 0 Å². The Bertz CT molecular complexity index is 643. The summed E-state index contributed by atoms with van der Waals surface area (Å²) in [4.78, 5) is 26.6. The first-order chi connectivity index (χ1) is 9.09. The van der Waals surface area contributed by atoms with Crippen LogP contribution in [0.3, 0.4) is 0 Å². The highest BCUT2D eigenvalue weighted by molar-refractivity contribution is 6.34. The molecule has 0 spiro atoms. The Kier molecular flexibility index (Phi) is 3.97. The van der Waals surface area contributed by atoms with Crippen molar-refractivity contribution in [2.24, 2.45) is 5.73 Å². The molecule has 3 N–H and O–H groups in total. The van der Waals surface area contributed by atoms with Gasteiger partial charge in [-0.1, -0.05) is 35.9 Å². The summed E-state index contributed by atoms with van der Waals surface area (Å²) in [6.45, 7) is 0.200. The molecule has 0 aliphatic carbocycles. The molecule has 0 saturated heterocycles. The number of nitrogens with zero attached hydrogens (tertiary/aromatic N) is 1. The zero-order valence-corrected chi connectivity index (χ0v) is 10.8. The first-order valence-corrected chi connectivity index (χ1v) is 6.07. The highest BCUT2D eigenvalue weighted by Gasteiger charge is 2.12. The number of carbonyl (C=O) groups is 2. The molecule has 0 aliphatic rings. The maximum atomic E-state index is 12.0. The topological polar surface area (TPSA) is 85.1 Å². The van der Waals surface area contributed by atoms with E-state index in [-0.39, 0.29) is 18.9 Å². The third-order valence-corrected chi connectivity index (χ3v) is 2.95. The van der Waals surface area contributed by atoms with Gasteiger partial charge in [-0.05, 0) is 5.39 Å². The standard InChI is InChI=1S/C13H12ClN3O2/c14-12-9-4-2-1-3-8(9)10(7-17-12)13(19)16-6-5-11(15)18/h1-4,7H,5-6H2,(H2,15,18)(H,16,19). The fourth-order valence-electron chi connectivity index (χ4n) is 1.73. The van der Waals surface area contributed by atoms with Crippen molar-refractivity contribution < 1.29 is 9.59 Å². The van der Waals surface area contributed by atoms with Crippen molar-refractivity contribution in [1.29, 1.82) is 0 Å². The van der Waals surface area contributed by atoms with Gasteiger partial charge in [0, 0.05) is 24.5 Å². The number of fused-ring (bicyclic) bond motifs is 1. The van der Waals surface area contributed by atoms with Crippen LogP contribution >= 0.6 is 11.6 Å². The molecule has 0 radical (unpaired) electrons. The van der Waals surface area contributed by atoms with E-state index in [9.17, 15) is 9.59 Å². The molecule has 98 valence electrons. The zero-order chi connectivity index (χ0) is 13.8. The Morgan fingerprint density at radius 3 is 2.63 bits per heavy atom. The average molecular weight is 278 g/mol. The van der Waals surface area contributed by atoms with Crippen LogP contribution < -0.4 is 11.1 Å². The maximum Gasteiger partial charge on any atom is 0.253 e. The molecule has 5 nitrogen and oxygen atoms in total. The van der Waals surface area contributed by atoms with Crippen molar-refractivity contribution in [2.45, 2.75) is 6.42 Å². The number of nitrogens with one attached hydrogen (secondary N) is 1. The fourth-order valence-corrected chi connectivity index (χ4v) is 1.95. The lowest BCUT2D eigenvalue weighted by Crippen LogP contribution is -2.28. The Morgan fingerprint density at radius 1 is 1.26 bits per heavy atom. The van der Waals surface area contributed by atoms with Crippen LogP contribution in [0.2, 0.25) is 5.15 Å². The zero-order valence-electron chi connectivity index (χ0n) is 10.0. The Balaban J connectivity index is 2.27. The van der Waals surface area contributed by atoms with Crippen molar-refractivity contribution in [2.75, 3.05) is 6.54 Å². The first-order valence-electron chi connectivity index (χ1n) is 5.69. The van der Waals surface area contributed by atoms with E-state index in [4.69, 9.17) is 17.3 Å².